The lowest BCUT2D eigenvalue weighted by Gasteiger charge is -2.13. The predicted molar refractivity (Wildman–Crippen MR) is 91.4 cm³/mol. The van der Waals surface area contributed by atoms with Gasteiger partial charge in [-0.2, -0.15) is 0 Å². The monoisotopic (exact) mass is 339 g/mol. The van der Waals surface area contributed by atoms with E-state index in [1.54, 1.807) is 44.6 Å². The number of methoxy groups -OCH3 is 2. The zero-order valence-corrected chi connectivity index (χ0v) is 14.1. The smallest absolute Gasteiger partial charge is 0.255 e. The zero-order valence-electron chi connectivity index (χ0n) is 14.1. The van der Waals surface area contributed by atoms with Gasteiger partial charge in [-0.15, -0.1) is 5.10 Å². The minimum Gasteiger partial charge on any atom is -0.493 e. The minimum atomic E-state index is -0.224. The summed E-state index contributed by atoms with van der Waals surface area (Å²) < 4.78 is 12.0. The molecule has 1 amide bonds. The molecule has 2 aromatic carbocycles. The second-order valence-electron chi connectivity index (χ2n) is 5.28. The van der Waals surface area contributed by atoms with Crippen molar-refractivity contribution in [3.63, 3.8) is 0 Å². The molecule has 0 spiro atoms. The van der Waals surface area contributed by atoms with Gasteiger partial charge < -0.3 is 14.8 Å². The number of hydrogen-bond donors (Lipinski definition) is 1. The maximum atomic E-state index is 12.5. The van der Waals surface area contributed by atoms with E-state index in [0.717, 1.165) is 11.3 Å². The van der Waals surface area contributed by atoms with Gasteiger partial charge in [0.05, 0.1) is 19.9 Å². The van der Waals surface area contributed by atoms with E-state index < -0.39 is 0 Å². The van der Waals surface area contributed by atoms with E-state index in [0.29, 0.717) is 22.7 Å². The molecule has 0 aliphatic rings. The molecule has 8 heteroatoms. The fraction of sp³-hybridized carbons (Fsp3) is 0.176. The van der Waals surface area contributed by atoms with Crippen molar-refractivity contribution in [1.82, 2.24) is 20.2 Å². The second kappa shape index (κ2) is 7.00. The standard InChI is InChI=1S/C17H17N5O3/c1-11-8-15(24-2)16(25-3)9-14(11)19-17(23)12-4-6-13(7-5-12)22-10-18-20-21-22/h4-10H,1-3H3,(H,19,23). The molecule has 0 unspecified atom stereocenters. The molecule has 128 valence electrons. The molecule has 3 rings (SSSR count). The van der Waals surface area contributed by atoms with Crippen LogP contribution in [0.15, 0.2) is 42.7 Å². The first-order chi connectivity index (χ1) is 12.1. The highest BCUT2D eigenvalue weighted by molar-refractivity contribution is 6.04. The van der Waals surface area contributed by atoms with E-state index >= 15 is 0 Å². The number of carbonyl (C=O) groups is 1. The zero-order chi connectivity index (χ0) is 17.8. The number of aromatic nitrogens is 4. The van der Waals surface area contributed by atoms with E-state index in [4.69, 9.17) is 9.47 Å². The Kier molecular flexibility index (Phi) is 4.60. The summed E-state index contributed by atoms with van der Waals surface area (Å²) in [6, 6.07) is 10.5. The van der Waals surface area contributed by atoms with E-state index in [1.165, 1.54) is 11.0 Å². The van der Waals surface area contributed by atoms with Gasteiger partial charge in [0, 0.05) is 17.3 Å². The molecule has 0 saturated heterocycles. The molecule has 0 aliphatic carbocycles. The van der Waals surface area contributed by atoms with Crippen LogP contribution < -0.4 is 14.8 Å². The molecule has 1 heterocycles. The predicted octanol–water partition coefficient (Wildman–Crippen LogP) is 2.24. The lowest BCUT2D eigenvalue weighted by molar-refractivity contribution is 0.102. The summed E-state index contributed by atoms with van der Waals surface area (Å²) in [5.74, 6) is 0.944. The minimum absolute atomic E-state index is 0.224. The van der Waals surface area contributed by atoms with Gasteiger partial charge in [0.1, 0.15) is 6.33 Å². The van der Waals surface area contributed by atoms with Crippen molar-refractivity contribution in [3.05, 3.63) is 53.9 Å². The highest BCUT2D eigenvalue weighted by atomic mass is 16.5. The van der Waals surface area contributed by atoms with E-state index in [2.05, 4.69) is 20.8 Å². The van der Waals surface area contributed by atoms with Crippen LogP contribution in [0.25, 0.3) is 5.69 Å². The van der Waals surface area contributed by atoms with E-state index in [9.17, 15) is 4.79 Å². The van der Waals surface area contributed by atoms with Crippen LogP contribution in [0, 0.1) is 6.92 Å². The molecule has 0 fully saturated rings. The van der Waals surface area contributed by atoms with Crippen molar-refractivity contribution >= 4 is 11.6 Å². The third-order valence-electron chi connectivity index (χ3n) is 3.72. The Labute approximate surface area is 144 Å². The summed E-state index contributed by atoms with van der Waals surface area (Å²) in [6.07, 6.45) is 1.49. The van der Waals surface area contributed by atoms with Crippen LogP contribution in [0.4, 0.5) is 5.69 Å². The van der Waals surface area contributed by atoms with Gasteiger partial charge in [0.15, 0.2) is 11.5 Å². The number of nitrogens with one attached hydrogen (secondary N) is 1. The van der Waals surface area contributed by atoms with Crippen molar-refractivity contribution < 1.29 is 14.3 Å². The van der Waals surface area contributed by atoms with Crippen LogP contribution in [0.5, 0.6) is 11.5 Å². The van der Waals surface area contributed by atoms with Crippen molar-refractivity contribution in [2.75, 3.05) is 19.5 Å². The third-order valence-corrected chi connectivity index (χ3v) is 3.72. The fourth-order valence-corrected chi connectivity index (χ4v) is 2.35. The average Bonchev–Trinajstić information content (AvgIpc) is 3.17. The van der Waals surface area contributed by atoms with E-state index in [1.807, 2.05) is 13.0 Å². The van der Waals surface area contributed by atoms with Crippen LogP contribution in [-0.4, -0.2) is 40.3 Å². The number of aryl methyl sites for hydroxylation is 1. The number of nitrogens with zero attached hydrogens (tertiary/aromatic N) is 4. The van der Waals surface area contributed by atoms with Crippen molar-refractivity contribution in [3.8, 4) is 17.2 Å². The van der Waals surface area contributed by atoms with Crippen LogP contribution in [0.3, 0.4) is 0 Å². The van der Waals surface area contributed by atoms with Crippen molar-refractivity contribution in [1.29, 1.82) is 0 Å². The topological polar surface area (TPSA) is 91.2 Å². The molecule has 0 bridgehead atoms. The number of tetrazole rings is 1. The van der Waals surface area contributed by atoms with Gasteiger partial charge in [0.25, 0.3) is 5.91 Å². The Bertz CT molecular complexity index is 876. The second-order valence-corrected chi connectivity index (χ2v) is 5.28. The number of amides is 1. The van der Waals surface area contributed by atoms with Gasteiger partial charge >= 0.3 is 0 Å². The first-order valence-corrected chi connectivity index (χ1v) is 7.49. The first kappa shape index (κ1) is 16.4. The summed E-state index contributed by atoms with van der Waals surface area (Å²) in [5, 5.41) is 13.9. The Balaban J connectivity index is 1.80. The highest BCUT2D eigenvalue weighted by Crippen LogP contribution is 2.33. The molecule has 8 nitrogen and oxygen atoms in total. The Morgan fingerprint density at radius 3 is 2.36 bits per heavy atom. The Morgan fingerprint density at radius 2 is 1.76 bits per heavy atom. The number of rotatable bonds is 5. The molecule has 0 radical (unpaired) electrons. The molecule has 1 aromatic heterocycles. The van der Waals surface area contributed by atoms with Crippen molar-refractivity contribution in [2.24, 2.45) is 0 Å². The van der Waals surface area contributed by atoms with Gasteiger partial charge in [-0.25, -0.2) is 4.68 Å². The van der Waals surface area contributed by atoms with Crippen LogP contribution in [-0.2, 0) is 0 Å². The molecular weight excluding hydrogens is 322 g/mol. The number of carbonyl (C=O) groups excluding carboxylic acids is 1. The van der Waals surface area contributed by atoms with Gasteiger partial charge in [-0.05, 0) is 53.2 Å². The lowest BCUT2D eigenvalue weighted by atomic mass is 10.1. The molecule has 0 aliphatic heterocycles. The maximum Gasteiger partial charge on any atom is 0.255 e. The number of hydrogen-bond acceptors (Lipinski definition) is 6. The summed E-state index contributed by atoms with van der Waals surface area (Å²) in [6.45, 7) is 1.89. The summed E-state index contributed by atoms with van der Waals surface area (Å²) in [7, 11) is 3.12. The normalized spacial score (nSPS) is 10.4. The number of benzene rings is 2. The molecule has 25 heavy (non-hydrogen) atoms. The van der Waals surface area contributed by atoms with Gasteiger partial charge in [0.2, 0.25) is 0 Å². The lowest BCUT2D eigenvalue weighted by Crippen LogP contribution is -2.13. The maximum absolute atomic E-state index is 12.5. The van der Waals surface area contributed by atoms with Gasteiger partial charge in [-0.3, -0.25) is 4.79 Å². The Hall–Kier alpha value is -3.42. The first-order valence-electron chi connectivity index (χ1n) is 7.49. The number of anilines is 1. The molecule has 3 aromatic rings. The summed E-state index contributed by atoms with van der Waals surface area (Å²) in [5.41, 5.74) is 2.82. The number of ether oxygens (including phenoxy) is 2. The SMILES string of the molecule is COc1cc(C)c(NC(=O)c2ccc(-n3cnnn3)cc2)cc1OC. The third kappa shape index (κ3) is 3.42. The quantitative estimate of drug-likeness (QED) is 0.766. The molecule has 1 N–H and O–H groups in total. The summed E-state index contributed by atoms with van der Waals surface area (Å²) in [4.78, 5) is 12.5. The highest BCUT2D eigenvalue weighted by Gasteiger charge is 2.12. The largest absolute Gasteiger partial charge is 0.493 e. The molecule has 0 saturated carbocycles. The molecule has 0 atom stereocenters. The molecular formula is C17H17N5O3. The van der Waals surface area contributed by atoms with Gasteiger partial charge in [-0.1, -0.05) is 0 Å². The fourth-order valence-electron chi connectivity index (χ4n) is 2.35. The van der Waals surface area contributed by atoms with E-state index in [-0.39, 0.29) is 5.91 Å². The van der Waals surface area contributed by atoms with Crippen LogP contribution >= 0.6 is 0 Å². The summed E-state index contributed by atoms with van der Waals surface area (Å²) >= 11 is 0. The average molecular weight is 339 g/mol. The van der Waals surface area contributed by atoms with Crippen LogP contribution in [0.1, 0.15) is 15.9 Å². The Morgan fingerprint density at radius 1 is 1.08 bits per heavy atom. The van der Waals surface area contributed by atoms with Crippen molar-refractivity contribution in [2.45, 2.75) is 6.92 Å². The van der Waals surface area contributed by atoms with Crippen LogP contribution in [0.2, 0.25) is 0 Å².